The molecule has 1 aromatic heterocycles. The van der Waals surface area contributed by atoms with Crippen LogP contribution in [0.4, 0.5) is 0 Å². The molecule has 0 spiro atoms. The van der Waals surface area contributed by atoms with Crippen LogP contribution in [0, 0.1) is 11.3 Å². The summed E-state index contributed by atoms with van der Waals surface area (Å²) in [6, 6.07) is 12.9. The molecule has 0 saturated carbocycles. The van der Waals surface area contributed by atoms with E-state index < -0.39 is 5.91 Å². The fourth-order valence-electron chi connectivity index (χ4n) is 1.98. The SMILES string of the molecule is CCCOc1ccc(/C=C(\C#N)C(=O)NCc2cccnc2)cc1. The first-order valence-electron chi connectivity index (χ1n) is 7.74. The van der Waals surface area contributed by atoms with Gasteiger partial charge in [-0.25, -0.2) is 0 Å². The lowest BCUT2D eigenvalue weighted by atomic mass is 10.1. The molecule has 0 radical (unpaired) electrons. The summed E-state index contributed by atoms with van der Waals surface area (Å²) in [5.41, 5.74) is 1.70. The Morgan fingerprint density at radius 1 is 1.33 bits per heavy atom. The number of carbonyl (C=O) groups is 1. The maximum absolute atomic E-state index is 12.1. The molecule has 0 aliphatic carbocycles. The van der Waals surface area contributed by atoms with E-state index in [1.54, 1.807) is 24.5 Å². The van der Waals surface area contributed by atoms with Crippen molar-refractivity contribution in [3.63, 3.8) is 0 Å². The number of pyridine rings is 1. The quantitative estimate of drug-likeness (QED) is 0.628. The molecule has 1 N–H and O–H groups in total. The van der Waals surface area contributed by atoms with Crippen molar-refractivity contribution in [2.45, 2.75) is 19.9 Å². The summed E-state index contributed by atoms with van der Waals surface area (Å²) in [5.74, 6) is 0.362. The van der Waals surface area contributed by atoms with Crippen molar-refractivity contribution in [3.8, 4) is 11.8 Å². The van der Waals surface area contributed by atoms with Crippen LogP contribution < -0.4 is 10.1 Å². The first kappa shape index (κ1) is 17.2. The number of nitrogens with zero attached hydrogens (tertiary/aromatic N) is 2. The number of benzene rings is 1. The average Bonchev–Trinajstić information content (AvgIpc) is 2.64. The van der Waals surface area contributed by atoms with Crippen LogP contribution in [0.15, 0.2) is 54.4 Å². The van der Waals surface area contributed by atoms with E-state index in [1.165, 1.54) is 0 Å². The molecule has 2 rings (SSSR count). The van der Waals surface area contributed by atoms with Gasteiger partial charge in [0.15, 0.2) is 0 Å². The summed E-state index contributed by atoms with van der Waals surface area (Å²) in [6.45, 7) is 3.03. The molecule has 5 nitrogen and oxygen atoms in total. The van der Waals surface area contributed by atoms with Gasteiger partial charge in [-0.15, -0.1) is 0 Å². The Balaban J connectivity index is 2.00. The second-order valence-electron chi connectivity index (χ2n) is 5.13. The smallest absolute Gasteiger partial charge is 0.262 e. The van der Waals surface area contributed by atoms with Crippen LogP contribution in [-0.2, 0) is 11.3 Å². The van der Waals surface area contributed by atoms with Crippen molar-refractivity contribution in [2.75, 3.05) is 6.61 Å². The summed E-state index contributed by atoms with van der Waals surface area (Å²) in [4.78, 5) is 16.1. The van der Waals surface area contributed by atoms with Crippen LogP contribution in [0.3, 0.4) is 0 Å². The lowest BCUT2D eigenvalue weighted by Gasteiger charge is -2.05. The predicted molar refractivity (Wildman–Crippen MR) is 91.9 cm³/mol. The molecule has 0 bridgehead atoms. The van der Waals surface area contributed by atoms with Crippen molar-refractivity contribution < 1.29 is 9.53 Å². The zero-order valence-corrected chi connectivity index (χ0v) is 13.5. The molecule has 0 atom stereocenters. The highest BCUT2D eigenvalue weighted by Gasteiger charge is 2.08. The summed E-state index contributed by atoms with van der Waals surface area (Å²) in [6.07, 6.45) is 5.84. The van der Waals surface area contributed by atoms with Gasteiger partial charge in [-0.3, -0.25) is 9.78 Å². The third-order valence-corrected chi connectivity index (χ3v) is 3.20. The highest BCUT2D eigenvalue weighted by Crippen LogP contribution is 2.15. The predicted octanol–water partition coefficient (Wildman–Crippen LogP) is 3.09. The highest BCUT2D eigenvalue weighted by atomic mass is 16.5. The van der Waals surface area contributed by atoms with E-state index in [1.807, 2.05) is 43.3 Å². The Labute approximate surface area is 141 Å². The molecule has 2 aromatic rings. The third kappa shape index (κ3) is 5.25. The summed E-state index contributed by atoms with van der Waals surface area (Å²) in [7, 11) is 0. The number of ether oxygens (including phenoxy) is 1. The zero-order chi connectivity index (χ0) is 17.2. The second kappa shape index (κ2) is 9.11. The molecule has 122 valence electrons. The fourth-order valence-corrected chi connectivity index (χ4v) is 1.98. The minimum atomic E-state index is -0.410. The van der Waals surface area contributed by atoms with E-state index in [2.05, 4.69) is 10.3 Å². The Morgan fingerprint density at radius 3 is 2.75 bits per heavy atom. The van der Waals surface area contributed by atoms with Gasteiger partial charge in [-0.1, -0.05) is 25.1 Å². The van der Waals surface area contributed by atoms with E-state index in [0.717, 1.165) is 23.3 Å². The minimum absolute atomic E-state index is 0.0566. The molecule has 5 heteroatoms. The zero-order valence-electron chi connectivity index (χ0n) is 13.5. The molecule has 0 fully saturated rings. The van der Waals surface area contributed by atoms with Gasteiger partial charge in [0.25, 0.3) is 5.91 Å². The molecule has 1 heterocycles. The van der Waals surface area contributed by atoms with Crippen LogP contribution in [0.1, 0.15) is 24.5 Å². The standard InChI is InChI=1S/C19H19N3O2/c1-2-10-24-18-7-5-15(6-8-18)11-17(12-20)19(23)22-14-16-4-3-9-21-13-16/h3-9,11,13H,2,10,14H2,1H3,(H,22,23)/b17-11+. The van der Waals surface area contributed by atoms with Gasteiger partial charge in [0.05, 0.1) is 6.61 Å². The number of nitriles is 1. The number of hydrogen-bond acceptors (Lipinski definition) is 4. The van der Waals surface area contributed by atoms with Gasteiger partial charge in [0.1, 0.15) is 17.4 Å². The molecule has 0 unspecified atom stereocenters. The Morgan fingerprint density at radius 2 is 2.12 bits per heavy atom. The summed E-state index contributed by atoms with van der Waals surface area (Å²) < 4.78 is 5.51. The maximum atomic E-state index is 12.1. The van der Waals surface area contributed by atoms with Crippen molar-refractivity contribution in [3.05, 3.63) is 65.5 Å². The number of amides is 1. The average molecular weight is 321 g/mol. The van der Waals surface area contributed by atoms with E-state index in [4.69, 9.17) is 4.74 Å². The second-order valence-corrected chi connectivity index (χ2v) is 5.13. The van der Waals surface area contributed by atoms with Crippen LogP contribution in [0.25, 0.3) is 6.08 Å². The first-order chi connectivity index (χ1) is 11.7. The van der Waals surface area contributed by atoms with Gasteiger partial charge in [0.2, 0.25) is 0 Å². The largest absolute Gasteiger partial charge is 0.494 e. The molecular formula is C19H19N3O2. The molecule has 0 aliphatic heterocycles. The van der Waals surface area contributed by atoms with Gasteiger partial charge in [0, 0.05) is 18.9 Å². The molecule has 1 amide bonds. The van der Waals surface area contributed by atoms with Gasteiger partial charge >= 0.3 is 0 Å². The van der Waals surface area contributed by atoms with Crippen LogP contribution in [0.2, 0.25) is 0 Å². The van der Waals surface area contributed by atoms with Gasteiger partial charge < -0.3 is 10.1 Å². The van der Waals surface area contributed by atoms with E-state index in [9.17, 15) is 10.1 Å². The van der Waals surface area contributed by atoms with Crippen LogP contribution in [0.5, 0.6) is 5.75 Å². The van der Waals surface area contributed by atoms with Gasteiger partial charge in [-0.2, -0.15) is 5.26 Å². The molecule has 1 aromatic carbocycles. The monoisotopic (exact) mass is 321 g/mol. The van der Waals surface area contributed by atoms with Gasteiger partial charge in [-0.05, 0) is 41.8 Å². The Kier molecular flexibility index (Phi) is 6.54. The first-order valence-corrected chi connectivity index (χ1v) is 7.74. The Hall–Kier alpha value is -3.13. The Bertz CT molecular complexity index is 731. The molecule has 24 heavy (non-hydrogen) atoms. The number of aromatic nitrogens is 1. The topological polar surface area (TPSA) is 75.0 Å². The normalized spacial score (nSPS) is 10.8. The lowest BCUT2D eigenvalue weighted by Crippen LogP contribution is -2.23. The van der Waals surface area contributed by atoms with Crippen molar-refractivity contribution >= 4 is 12.0 Å². The van der Waals surface area contributed by atoms with Crippen molar-refractivity contribution in [2.24, 2.45) is 0 Å². The third-order valence-electron chi connectivity index (χ3n) is 3.20. The number of rotatable bonds is 7. The van der Waals surface area contributed by atoms with Crippen molar-refractivity contribution in [1.82, 2.24) is 10.3 Å². The number of carbonyl (C=O) groups excluding carboxylic acids is 1. The van der Waals surface area contributed by atoms with Crippen LogP contribution >= 0.6 is 0 Å². The summed E-state index contributed by atoms with van der Waals surface area (Å²) >= 11 is 0. The van der Waals surface area contributed by atoms with E-state index in [-0.39, 0.29) is 5.57 Å². The molecular weight excluding hydrogens is 302 g/mol. The minimum Gasteiger partial charge on any atom is -0.494 e. The van der Waals surface area contributed by atoms with Crippen molar-refractivity contribution in [1.29, 1.82) is 5.26 Å². The number of hydrogen-bond donors (Lipinski definition) is 1. The fraction of sp³-hybridized carbons (Fsp3) is 0.211. The van der Waals surface area contributed by atoms with Crippen LogP contribution in [-0.4, -0.2) is 17.5 Å². The maximum Gasteiger partial charge on any atom is 0.262 e. The highest BCUT2D eigenvalue weighted by molar-refractivity contribution is 6.01. The molecule has 0 aliphatic rings. The number of nitrogens with one attached hydrogen (secondary N) is 1. The van der Waals surface area contributed by atoms with E-state index >= 15 is 0 Å². The molecule has 0 saturated heterocycles. The summed E-state index contributed by atoms with van der Waals surface area (Å²) in [5, 5.41) is 11.9. The van der Waals surface area contributed by atoms with E-state index in [0.29, 0.717) is 13.2 Å². The lowest BCUT2D eigenvalue weighted by molar-refractivity contribution is -0.117.